The zero-order valence-corrected chi connectivity index (χ0v) is 10.4. The molecule has 3 fully saturated rings. The third kappa shape index (κ3) is 1.95. The van der Waals surface area contributed by atoms with Crippen LogP contribution in [-0.2, 0) is 14.4 Å². The van der Waals surface area contributed by atoms with Crippen molar-refractivity contribution < 1.29 is 19.2 Å². The Bertz CT molecular complexity index is 400. The second-order valence-corrected chi connectivity index (χ2v) is 5.77. The van der Waals surface area contributed by atoms with Crippen LogP contribution in [0, 0.1) is 0 Å². The Balaban J connectivity index is 1.56. The Hall–Kier alpha value is -1.28. The molecule has 98 valence electrons. The summed E-state index contributed by atoms with van der Waals surface area (Å²) >= 11 is 1.67. The lowest BCUT2D eigenvalue weighted by Crippen LogP contribution is -2.41. The maximum atomic E-state index is 11.4. The summed E-state index contributed by atoms with van der Waals surface area (Å²) in [6, 6.07) is -0.0417. The lowest BCUT2D eigenvalue weighted by molar-refractivity contribution is -0.187. The molecular formula is C10H13N3O4S. The molecule has 0 radical (unpaired) electrons. The molecule has 3 aliphatic heterocycles. The van der Waals surface area contributed by atoms with Crippen LogP contribution in [0.5, 0.6) is 0 Å². The lowest BCUT2D eigenvalue weighted by Gasteiger charge is -2.19. The van der Waals surface area contributed by atoms with E-state index in [0.717, 1.165) is 10.8 Å². The number of amides is 4. The van der Waals surface area contributed by atoms with E-state index in [1.54, 1.807) is 11.8 Å². The monoisotopic (exact) mass is 271 g/mol. The number of nitrogens with one attached hydrogen (secondary N) is 2. The number of hydroxylamine groups is 2. The lowest BCUT2D eigenvalue weighted by atomic mass is 10.1. The first-order valence-corrected chi connectivity index (χ1v) is 6.87. The summed E-state index contributed by atoms with van der Waals surface area (Å²) in [6.07, 6.45) is 0.446. The molecule has 0 unspecified atom stereocenters. The molecule has 0 bridgehead atoms. The SMILES string of the molecule is O=C1N[C@H]2[C@H](CS[C@H]2CON2C(=O)CCC2=O)N1. The van der Waals surface area contributed by atoms with Gasteiger partial charge in [0.2, 0.25) is 0 Å². The van der Waals surface area contributed by atoms with Gasteiger partial charge in [0.15, 0.2) is 0 Å². The number of thioether (sulfide) groups is 1. The van der Waals surface area contributed by atoms with E-state index in [1.165, 1.54) is 0 Å². The fraction of sp³-hybridized carbons (Fsp3) is 0.700. The van der Waals surface area contributed by atoms with Gasteiger partial charge in [0.25, 0.3) is 11.8 Å². The minimum atomic E-state index is -0.284. The Labute approximate surface area is 108 Å². The van der Waals surface area contributed by atoms with Gasteiger partial charge in [-0.1, -0.05) is 0 Å². The van der Waals surface area contributed by atoms with Crippen molar-refractivity contribution in [2.24, 2.45) is 0 Å². The van der Waals surface area contributed by atoms with Crippen molar-refractivity contribution in [3.63, 3.8) is 0 Å². The third-order valence-corrected chi connectivity index (χ3v) is 4.72. The van der Waals surface area contributed by atoms with E-state index in [9.17, 15) is 14.4 Å². The fourth-order valence-corrected chi connectivity index (χ4v) is 3.75. The largest absolute Gasteiger partial charge is 0.332 e. The van der Waals surface area contributed by atoms with Crippen LogP contribution < -0.4 is 10.6 Å². The number of nitrogens with zero attached hydrogens (tertiary/aromatic N) is 1. The van der Waals surface area contributed by atoms with Crippen LogP contribution in [0.1, 0.15) is 12.8 Å². The second-order valence-electron chi connectivity index (χ2n) is 4.50. The van der Waals surface area contributed by atoms with Crippen LogP contribution in [0.4, 0.5) is 4.79 Å². The highest BCUT2D eigenvalue weighted by atomic mass is 32.2. The van der Waals surface area contributed by atoms with Gasteiger partial charge in [-0.15, -0.1) is 0 Å². The van der Waals surface area contributed by atoms with Crippen LogP contribution in [0.3, 0.4) is 0 Å². The van der Waals surface area contributed by atoms with E-state index in [-0.39, 0.29) is 54.6 Å². The predicted molar refractivity (Wildman–Crippen MR) is 62.5 cm³/mol. The molecule has 3 heterocycles. The predicted octanol–water partition coefficient (Wildman–Crippen LogP) is -0.768. The molecule has 2 N–H and O–H groups in total. The van der Waals surface area contributed by atoms with E-state index in [2.05, 4.69) is 10.6 Å². The third-order valence-electron chi connectivity index (χ3n) is 3.31. The summed E-state index contributed by atoms with van der Waals surface area (Å²) in [7, 11) is 0. The number of carbonyl (C=O) groups is 3. The van der Waals surface area contributed by atoms with Gasteiger partial charge in [-0.25, -0.2) is 4.79 Å². The number of urea groups is 1. The van der Waals surface area contributed by atoms with Gasteiger partial charge >= 0.3 is 6.03 Å². The number of carbonyl (C=O) groups excluding carboxylic acids is 3. The van der Waals surface area contributed by atoms with Gasteiger partial charge in [-0.3, -0.25) is 14.4 Å². The summed E-state index contributed by atoms with van der Waals surface area (Å²) < 4.78 is 0. The van der Waals surface area contributed by atoms with E-state index >= 15 is 0 Å². The maximum Gasteiger partial charge on any atom is 0.315 e. The average molecular weight is 271 g/mol. The van der Waals surface area contributed by atoms with Crippen LogP contribution in [0.25, 0.3) is 0 Å². The van der Waals surface area contributed by atoms with Crippen molar-refractivity contribution >= 4 is 29.6 Å². The van der Waals surface area contributed by atoms with Crippen LogP contribution in [0.2, 0.25) is 0 Å². The standard InChI is InChI=1S/C10H13N3O4S/c14-7-1-2-8(15)13(7)17-3-6-9-5(4-18-6)11-10(16)12-9/h5-6,9H,1-4H2,(H2,11,12,16)/t5-,6-,9-/m0/s1. The quantitative estimate of drug-likeness (QED) is 0.520. The molecule has 3 atom stereocenters. The molecular weight excluding hydrogens is 258 g/mol. The first-order valence-electron chi connectivity index (χ1n) is 5.82. The molecule has 0 aromatic carbocycles. The molecule has 0 aromatic heterocycles. The van der Waals surface area contributed by atoms with Crippen molar-refractivity contribution in [1.29, 1.82) is 0 Å². The highest BCUT2D eigenvalue weighted by molar-refractivity contribution is 8.00. The second kappa shape index (κ2) is 4.43. The number of fused-ring (bicyclic) bond motifs is 1. The normalized spacial score (nSPS) is 34.8. The topological polar surface area (TPSA) is 87.7 Å². The van der Waals surface area contributed by atoms with Crippen molar-refractivity contribution in [3.8, 4) is 0 Å². The number of hydrogen-bond donors (Lipinski definition) is 2. The highest BCUT2D eigenvalue weighted by Crippen LogP contribution is 2.30. The van der Waals surface area contributed by atoms with Crippen molar-refractivity contribution in [3.05, 3.63) is 0 Å². The first kappa shape index (κ1) is 11.8. The van der Waals surface area contributed by atoms with E-state index in [4.69, 9.17) is 4.84 Å². The van der Waals surface area contributed by atoms with Crippen molar-refractivity contribution in [2.45, 2.75) is 30.2 Å². The number of rotatable bonds is 3. The molecule has 3 saturated heterocycles. The number of imide groups is 1. The minimum absolute atomic E-state index is 0.00954. The van der Waals surface area contributed by atoms with Crippen molar-refractivity contribution in [2.75, 3.05) is 12.4 Å². The highest BCUT2D eigenvalue weighted by Gasteiger charge is 2.44. The molecule has 0 aliphatic carbocycles. The van der Waals surface area contributed by atoms with Crippen LogP contribution >= 0.6 is 11.8 Å². The average Bonchev–Trinajstić information content (AvgIpc) is 2.94. The Morgan fingerprint density at radius 2 is 1.94 bits per heavy atom. The molecule has 0 spiro atoms. The summed E-state index contributed by atoms with van der Waals surface area (Å²) in [5.74, 6) is 0.250. The van der Waals surface area contributed by atoms with Gasteiger partial charge in [-0.05, 0) is 0 Å². The molecule has 0 saturated carbocycles. The Kier molecular flexibility index (Phi) is 2.90. The fourth-order valence-electron chi connectivity index (χ4n) is 2.38. The van der Waals surface area contributed by atoms with E-state index in [0.29, 0.717) is 0 Å². The molecule has 0 aromatic rings. The van der Waals surface area contributed by atoms with Gasteiger partial charge in [0.05, 0.1) is 23.9 Å². The van der Waals surface area contributed by atoms with E-state index in [1.807, 2.05) is 0 Å². The number of hydrogen-bond acceptors (Lipinski definition) is 5. The Morgan fingerprint density at radius 3 is 2.67 bits per heavy atom. The van der Waals surface area contributed by atoms with Gasteiger partial charge < -0.3 is 10.6 Å². The Morgan fingerprint density at radius 1 is 1.22 bits per heavy atom. The maximum absolute atomic E-state index is 11.4. The molecule has 8 heteroatoms. The molecule has 4 amide bonds. The molecule has 7 nitrogen and oxygen atoms in total. The van der Waals surface area contributed by atoms with Gasteiger partial charge in [-0.2, -0.15) is 16.8 Å². The molecule has 3 aliphatic rings. The summed E-state index contributed by atoms with van der Waals surface area (Å²) in [5, 5.41) is 6.57. The van der Waals surface area contributed by atoms with Crippen LogP contribution in [-0.4, -0.2) is 52.6 Å². The smallest absolute Gasteiger partial charge is 0.315 e. The summed E-state index contributed by atoms with van der Waals surface area (Å²) in [6.45, 7) is 0.255. The van der Waals surface area contributed by atoms with Gasteiger partial charge in [0.1, 0.15) is 0 Å². The van der Waals surface area contributed by atoms with Crippen molar-refractivity contribution in [1.82, 2.24) is 15.7 Å². The van der Waals surface area contributed by atoms with Gasteiger partial charge in [0, 0.05) is 18.6 Å². The molecule has 3 rings (SSSR count). The minimum Gasteiger partial charge on any atom is -0.332 e. The van der Waals surface area contributed by atoms with E-state index < -0.39 is 0 Å². The molecule has 18 heavy (non-hydrogen) atoms. The van der Waals surface area contributed by atoms with Crippen LogP contribution in [0.15, 0.2) is 0 Å². The zero-order chi connectivity index (χ0) is 12.7. The zero-order valence-electron chi connectivity index (χ0n) is 9.55. The summed E-state index contributed by atoms with van der Waals surface area (Å²) in [4.78, 5) is 39.2. The summed E-state index contributed by atoms with van der Waals surface area (Å²) in [5.41, 5.74) is 0. The first-order chi connectivity index (χ1) is 8.65.